The fourth-order valence-corrected chi connectivity index (χ4v) is 5.53. The van der Waals surface area contributed by atoms with Crippen LogP contribution in [0.15, 0.2) is 59.6 Å². The average Bonchev–Trinajstić information content (AvgIpc) is 3.48. The lowest BCUT2D eigenvalue weighted by molar-refractivity contribution is -0.385. The van der Waals surface area contributed by atoms with Crippen molar-refractivity contribution in [2.75, 3.05) is 46.9 Å². The number of fused-ring (bicyclic) bond motifs is 2. The second-order valence-corrected chi connectivity index (χ2v) is 10.5. The zero-order valence-electron chi connectivity index (χ0n) is 24.3. The molecule has 13 nitrogen and oxygen atoms in total. The van der Waals surface area contributed by atoms with Gasteiger partial charge >= 0.3 is 5.69 Å². The fraction of sp³-hybridized carbons (Fsp3) is 0.323. The van der Waals surface area contributed by atoms with Crippen molar-refractivity contribution in [3.8, 4) is 28.7 Å². The summed E-state index contributed by atoms with van der Waals surface area (Å²) in [6.45, 7) is 2.12. The lowest BCUT2D eigenvalue weighted by Gasteiger charge is -2.34. The Kier molecular flexibility index (Phi) is 8.03. The van der Waals surface area contributed by atoms with Crippen LogP contribution >= 0.6 is 0 Å². The van der Waals surface area contributed by atoms with Gasteiger partial charge in [-0.1, -0.05) is 0 Å². The van der Waals surface area contributed by atoms with Crippen LogP contribution in [0.1, 0.15) is 33.6 Å². The van der Waals surface area contributed by atoms with Gasteiger partial charge in [-0.2, -0.15) is 0 Å². The first-order valence-electron chi connectivity index (χ1n) is 14.2. The Balaban J connectivity index is 1.12. The first-order chi connectivity index (χ1) is 21.3. The summed E-state index contributed by atoms with van der Waals surface area (Å²) < 4.78 is 16.4. The fourth-order valence-electron chi connectivity index (χ4n) is 5.53. The number of nitrogens with zero attached hydrogens (tertiary/aromatic N) is 5. The van der Waals surface area contributed by atoms with Crippen molar-refractivity contribution in [1.29, 1.82) is 0 Å². The van der Waals surface area contributed by atoms with Gasteiger partial charge in [0.05, 0.1) is 49.5 Å². The van der Waals surface area contributed by atoms with Gasteiger partial charge in [-0.15, -0.1) is 5.06 Å². The van der Waals surface area contributed by atoms with Gasteiger partial charge in [-0.25, -0.2) is 0 Å². The van der Waals surface area contributed by atoms with Crippen molar-refractivity contribution in [3.63, 3.8) is 0 Å². The minimum absolute atomic E-state index is 0.00507. The van der Waals surface area contributed by atoms with Gasteiger partial charge in [-0.05, 0) is 55.3 Å². The van der Waals surface area contributed by atoms with Gasteiger partial charge in [0.25, 0.3) is 11.8 Å². The highest BCUT2D eigenvalue weighted by atomic mass is 16.7. The van der Waals surface area contributed by atoms with Gasteiger partial charge in [0.1, 0.15) is 11.5 Å². The maximum Gasteiger partial charge on any atom is 0.312 e. The third-order valence-corrected chi connectivity index (χ3v) is 7.90. The minimum atomic E-state index is -0.573. The topological polar surface area (TPSA) is 136 Å². The van der Waals surface area contributed by atoms with Crippen LogP contribution in [-0.2, 0) is 0 Å². The third kappa shape index (κ3) is 5.73. The van der Waals surface area contributed by atoms with E-state index in [9.17, 15) is 19.7 Å². The average molecular weight is 602 g/mol. The van der Waals surface area contributed by atoms with Crippen LogP contribution in [0.2, 0.25) is 0 Å². The van der Waals surface area contributed by atoms with E-state index in [-0.39, 0.29) is 34.9 Å². The number of piperazine rings is 1. The molecular formula is C31H31N5O8. The molecule has 2 saturated heterocycles. The number of methoxy groups -OCH3 is 2. The number of carbonyl (C=O) groups excluding carboxylic acids is 2. The molecule has 0 bridgehead atoms. The number of amides is 2. The molecule has 13 heteroatoms. The number of hydrogen-bond acceptors (Lipinski definition) is 10. The summed E-state index contributed by atoms with van der Waals surface area (Å²) in [6, 6.07) is 14.2. The summed E-state index contributed by atoms with van der Waals surface area (Å²) in [5, 5.41) is 13.5. The molecule has 3 aliphatic rings. The SMILES string of the molecule is COc1ccc(Oc2ccc(C(=O)N3CCN(Oc4cc5c(cc4OC)C(=O)N4CCCC4C=N5)CC3)cc2[N+](=O)[O-])cc1. The molecule has 0 radical (unpaired) electrons. The van der Waals surface area contributed by atoms with E-state index in [1.807, 2.05) is 11.1 Å². The highest BCUT2D eigenvalue weighted by Crippen LogP contribution is 2.39. The third-order valence-electron chi connectivity index (χ3n) is 7.90. The van der Waals surface area contributed by atoms with Crippen molar-refractivity contribution < 1.29 is 33.6 Å². The van der Waals surface area contributed by atoms with Crippen molar-refractivity contribution >= 4 is 29.4 Å². The lowest BCUT2D eigenvalue weighted by atomic mass is 10.1. The van der Waals surface area contributed by atoms with Crippen LogP contribution in [0.5, 0.6) is 28.7 Å². The molecule has 0 saturated carbocycles. The summed E-state index contributed by atoms with van der Waals surface area (Å²) in [5.74, 6) is 1.47. The molecule has 3 aromatic rings. The predicted octanol–water partition coefficient (Wildman–Crippen LogP) is 4.48. The number of ether oxygens (including phenoxy) is 3. The van der Waals surface area contributed by atoms with E-state index >= 15 is 0 Å². The Hall–Kier alpha value is -5.17. The standard InChI is InChI=1S/C31H31N5O8/c1-41-22-6-8-23(9-7-22)43-27-10-5-20(16-26(27)36(39)40)30(37)33-12-14-34(15-13-33)44-29-18-25-24(17-28(29)42-2)31(38)35-11-3-4-21(35)19-32-25/h5-10,16-19,21H,3-4,11-15H2,1-2H3. The van der Waals surface area contributed by atoms with E-state index in [1.54, 1.807) is 46.4 Å². The van der Waals surface area contributed by atoms with Crippen LogP contribution in [0.4, 0.5) is 11.4 Å². The number of carbonyl (C=O) groups is 2. The molecule has 0 N–H and O–H groups in total. The zero-order chi connectivity index (χ0) is 30.8. The van der Waals surface area contributed by atoms with Crippen molar-refractivity contribution in [1.82, 2.24) is 14.9 Å². The summed E-state index contributed by atoms with van der Waals surface area (Å²) in [6.07, 6.45) is 3.66. The molecule has 228 valence electrons. The number of hydroxylamine groups is 2. The van der Waals surface area contributed by atoms with E-state index < -0.39 is 4.92 Å². The first-order valence-corrected chi connectivity index (χ1v) is 14.2. The number of aliphatic imine (C=N–C) groups is 1. The highest BCUT2D eigenvalue weighted by molar-refractivity contribution is 6.03. The first kappa shape index (κ1) is 28.9. The lowest BCUT2D eigenvalue weighted by Crippen LogP contribution is -2.49. The predicted molar refractivity (Wildman–Crippen MR) is 159 cm³/mol. The molecule has 2 amide bonds. The number of nitro groups is 1. The number of hydrogen-bond donors (Lipinski definition) is 0. The minimum Gasteiger partial charge on any atom is -0.497 e. The second-order valence-electron chi connectivity index (χ2n) is 10.5. The maximum atomic E-state index is 13.3. The molecule has 44 heavy (non-hydrogen) atoms. The Morgan fingerprint density at radius 3 is 2.36 bits per heavy atom. The summed E-state index contributed by atoms with van der Waals surface area (Å²) in [5.41, 5.74) is 0.865. The Bertz CT molecular complexity index is 1620. The van der Waals surface area contributed by atoms with Crippen molar-refractivity contribution in [2.45, 2.75) is 18.9 Å². The van der Waals surface area contributed by atoms with Crippen LogP contribution in [0.3, 0.4) is 0 Å². The van der Waals surface area contributed by atoms with Gasteiger partial charge in [-0.3, -0.25) is 24.7 Å². The van der Waals surface area contributed by atoms with Crippen molar-refractivity contribution in [3.05, 3.63) is 75.8 Å². The molecule has 0 aromatic heterocycles. The normalized spacial score (nSPS) is 17.9. The Morgan fingerprint density at radius 2 is 1.66 bits per heavy atom. The highest BCUT2D eigenvalue weighted by Gasteiger charge is 2.33. The van der Waals surface area contributed by atoms with Crippen molar-refractivity contribution in [2.24, 2.45) is 4.99 Å². The maximum absolute atomic E-state index is 13.3. The zero-order valence-corrected chi connectivity index (χ0v) is 24.3. The van der Waals surface area contributed by atoms with Gasteiger partial charge in [0.15, 0.2) is 11.5 Å². The van der Waals surface area contributed by atoms with E-state index in [0.717, 1.165) is 12.8 Å². The van der Waals surface area contributed by atoms with Crippen LogP contribution in [-0.4, -0.2) is 90.8 Å². The molecular weight excluding hydrogens is 570 g/mol. The van der Waals surface area contributed by atoms with Crippen LogP contribution in [0.25, 0.3) is 0 Å². The van der Waals surface area contributed by atoms with Crippen LogP contribution in [0, 0.1) is 10.1 Å². The summed E-state index contributed by atoms with van der Waals surface area (Å²) >= 11 is 0. The quantitative estimate of drug-likeness (QED) is 0.270. The Labute approximate surface area is 253 Å². The second kappa shape index (κ2) is 12.2. The van der Waals surface area contributed by atoms with E-state index in [4.69, 9.17) is 19.0 Å². The summed E-state index contributed by atoms with van der Waals surface area (Å²) in [4.78, 5) is 51.9. The van der Waals surface area contributed by atoms with Gasteiger partial charge < -0.3 is 28.8 Å². The molecule has 6 rings (SSSR count). The molecule has 3 aliphatic heterocycles. The summed E-state index contributed by atoms with van der Waals surface area (Å²) in [7, 11) is 3.05. The smallest absolute Gasteiger partial charge is 0.312 e. The van der Waals surface area contributed by atoms with E-state index in [1.165, 1.54) is 32.4 Å². The monoisotopic (exact) mass is 601 g/mol. The number of rotatable bonds is 8. The molecule has 0 aliphatic carbocycles. The Morgan fingerprint density at radius 1 is 0.909 bits per heavy atom. The molecule has 2 fully saturated rings. The molecule has 1 atom stereocenters. The molecule has 1 unspecified atom stereocenters. The molecule has 3 heterocycles. The van der Waals surface area contributed by atoms with Gasteiger partial charge in [0.2, 0.25) is 5.75 Å². The van der Waals surface area contributed by atoms with E-state index in [0.29, 0.717) is 67.0 Å². The molecule has 3 aromatic carbocycles. The van der Waals surface area contributed by atoms with Crippen LogP contribution < -0.4 is 19.0 Å². The number of benzene rings is 3. The largest absolute Gasteiger partial charge is 0.497 e. The van der Waals surface area contributed by atoms with E-state index in [2.05, 4.69) is 4.99 Å². The number of nitro benzene ring substituents is 1. The molecule has 0 spiro atoms. The van der Waals surface area contributed by atoms with Gasteiger partial charge in [0, 0.05) is 43.5 Å².